The summed E-state index contributed by atoms with van der Waals surface area (Å²) < 4.78 is 5.24. The Morgan fingerprint density at radius 3 is 2.27 bits per heavy atom. The van der Waals surface area contributed by atoms with E-state index in [0.717, 1.165) is 43.7 Å². The number of halogens is 2. The maximum Gasteiger partial charge on any atom is 0.156 e. The average Bonchev–Trinajstić information content (AvgIpc) is 3.42. The van der Waals surface area contributed by atoms with Gasteiger partial charge in [0.25, 0.3) is 0 Å². The van der Waals surface area contributed by atoms with Crippen LogP contribution < -0.4 is 9.64 Å². The van der Waals surface area contributed by atoms with Gasteiger partial charge in [0.1, 0.15) is 0 Å². The van der Waals surface area contributed by atoms with Gasteiger partial charge in [-0.25, -0.2) is 0 Å². The van der Waals surface area contributed by atoms with E-state index in [1.165, 1.54) is 18.5 Å². The Morgan fingerprint density at radius 2 is 1.65 bits per heavy atom. The molecule has 1 saturated carbocycles. The van der Waals surface area contributed by atoms with Gasteiger partial charge in [0.05, 0.1) is 17.2 Å². The first-order valence-corrected chi connectivity index (χ1v) is 9.96. The molecule has 0 bridgehead atoms. The first-order valence-electron chi connectivity index (χ1n) is 9.21. The summed E-state index contributed by atoms with van der Waals surface area (Å²) in [6.07, 6.45) is 1.33. The van der Waals surface area contributed by atoms with Gasteiger partial charge in [0.15, 0.2) is 5.75 Å². The van der Waals surface area contributed by atoms with E-state index < -0.39 is 0 Å². The number of benzene rings is 2. The Morgan fingerprint density at radius 1 is 1.00 bits per heavy atom. The van der Waals surface area contributed by atoms with Crippen molar-refractivity contribution >= 4 is 28.9 Å². The van der Waals surface area contributed by atoms with Gasteiger partial charge in [0.2, 0.25) is 0 Å². The van der Waals surface area contributed by atoms with E-state index >= 15 is 0 Å². The van der Waals surface area contributed by atoms with Crippen LogP contribution >= 0.6 is 23.2 Å². The number of nitrogens with zero attached hydrogens (tertiary/aromatic N) is 2. The van der Waals surface area contributed by atoms with Crippen molar-refractivity contribution in [3.05, 3.63) is 58.1 Å². The van der Waals surface area contributed by atoms with Crippen molar-refractivity contribution < 1.29 is 4.74 Å². The van der Waals surface area contributed by atoms with E-state index in [1.54, 1.807) is 7.11 Å². The zero-order valence-electron chi connectivity index (χ0n) is 15.0. The lowest BCUT2D eigenvalue weighted by atomic mass is 10.1. The summed E-state index contributed by atoms with van der Waals surface area (Å²) in [5.41, 5.74) is 2.58. The summed E-state index contributed by atoms with van der Waals surface area (Å²) in [5, 5.41) is 1.14. The van der Waals surface area contributed by atoms with Crippen LogP contribution in [0.5, 0.6) is 5.75 Å². The number of piperazine rings is 1. The predicted octanol–water partition coefficient (Wildman–Crippen LogP) is 4.93. The molecule has 1 aliphatic carbocycles. The van der Waals surface area contributed by atoms with E-state index in [4.69, 9.17) is 27.9 Å². The molecule has 0 spiro atoms. The largest absolute Gasteiger partial charge is 0.494 e. The van der Waals surface area contributed by atoms with Crippen LogP contribution in [0.1, 0.15) is 17.9 Å². The zero-order valence-corrected chi connectivity index (χ0v) is 16.5. The zero-order chi connectivity index (χ0) is 18.1. The molecule has 0 unspecified atom stereocenters. The minimum Gasteiger partial charge on any atom is -0.494 e. The molecular formula is C21H24Cl2N2O. The first-order chi connectivity index (χ1) is 12.7. The maximum absolute atomic E-state index is 6.29. The highest BCUT2D eigenvalue weighted by atomic mass is 35.5. The van der Waals surface area contributed by atoms with E-state index in [9.17, 15) is 0 Å². The van der Waals surface area contributed by atoms with E-state index in [0.29, 0.717) is 15.8 Å². The number of methoxy groups -OCH3 is 1. The molecule has 2 aliphatic rings. The van der Waals surface area contributed by atoms with Crippen LogP contribution in [0.3, 0.4) is 0 Å². The van der Waals surface area contributed by atoms with Gasteiger partial charge in [-0.15, -0.1) is 0 Å². The Kier molecular flexibility index (Phi) is 5.30. The number of rotatable bonds is 5. The SMILES string of the molecule is COc1c(Cl)cc(N2CCN(C[C@H]3C[C@@H]3c3ccccc3)CC2)cc1Cl. The minimum absolute atomic E-state index is 0.552. The molecular weight excluding hydrogens is 367 g/mol. The molecule has 2 fully saturated rings. The molecule has 5 heteroatoms. The molecule has 2 aromatic rings. The molecule has 0 N–H and O–H groups in total. The average molecular weight is 391 g/mol. The fourth-order valence-electron chi connectivity index (χ4n) is 4.00. The third-order valence-corrected chi connectivity index (χ3v) is 6.13. The summed E-state index contributed by atoms with van der Waals surface area (Å²) in [4.78, 5) is 4.95. The van der Waals surface area contributed by atoms with E-state index in [-0.39, 0.29) is 0 Å². The Hall–Kier alpha value is -1.42. The van der Waals surface area contributed by atoms with E-state index in [1.807, 2.05) is 12.1 Å². The topological polar surface area (TPSA) is 15.7 Å². The van der Waals surface area contributed by atoms with Crippen LogP contribution in [0.15, 0.2) is 42.5 Å². The van der Waals surface area contributed by atoms with Crippen molar-refractivity contribution in [2.24, 2.45) is 5.92 Å². The van der Waals surface area contributed by atoms with Crippen molar-refractivity contribution in [1.82, 2.24) is 4.90 Å². The number of ether oxygens (including phenoxy) is 1. The summed E-state index contributed by atoms with van der Waals surface area (Å²) in [6, 6.07) is 14.8. The predicted molar refractivity (Wildman–Crippen MR) is 109 cm³/mol. The fourth-order valence-corrected chi connectivity index (χ4v) is 4.63. The Balaban J connectivity index is 1.31. The maximum atomic E-state index is 6.29. The number of anilines is 1. The molecule has 2 aromatic carbocycles. The van der Waals surface area contributed by atoms with Gasteiger partial charge in [-0.1, -0.05) is 53.5 Å². The van der Waals surface area contributed by atoms with Gasteiger partial charge < -0.3 is 9.64 Å². The first kappa shape index (κ1) is 18.0. The number of hydrogen-bond donors (Lipinski definition) is 0. The van der Waals surface area contributed by atoms with Gasteiger partial charge in [-0.05, 0) is 36.0 Å². The van der Waals surface area contributed by atoms with Crippen molar-refractivity contribution in [3.63, 3.8) is 0 Å². The van der Waals surface area contributed by atoms with Crippen molar-refractivity contribution in [3.8, 4) is 5.75 Å². The molecule has 0 radical (unpaired) electrons. The van der Waals surface area contributed by atoms with Gasteiger partial charge in [-0.2, -0.15) is 0 Å². The standard InChI is InChI=1S/C21H24Cl2N2O/c1-26-21-19(22)12-17(13-20(21)23)25-9-7-24(8-10-25)14-16-11-18(16)15-5-3-2-4-6-15/h2-6,12-13,16,18H,7-11,14H2,1H3/t16-,18-/m1/s1. The van der Waals surface area contributed by atoms with Crippen LogP contribution in [0, 0.1) is 5.92 Å². The van der Waals surface area contributed by atoms with Crippen molar-refractivity contribution in [2.75, 3.05) is 44.7 Å². The van der Waals surface area contributed by atoms with Crippen LogP contribution in [-0.2, 0) is 0 Å². The lowest BCUT2D eigenvalue weighted by Crippen LogP contribution is -2.47. The molecule has 3 nitrogen and oxygen atoms in total. The summed E-state index contributed by atoms with van der Waals surface area (Å²) in [5.74, 6) is 2.12. The fraction of sp³-hybridized carbons (Fsp3) is 0.429. The van der Waals surface area contributed by atoms with E-state index in [2.05, 4.69) is 40.1 Å². The van der Waals surface area contributed by atoms with Gasteiger partial charge in [0, 0.05) is 38.4 Å². The smallest absolute Gasteiger partial charge is 0.156 e. The highest BCUT2D eigenvalue weighted by Crippen LogP contribution is 2.47. The number of hydrogen-bond acceptors (Lipinski definition) is 3. The van der Waals surface area contributed by atoms with Gasteiger partial charge >= 0.3 is 0 Å². The highest BCUT2D eigenvalue weighted by Gasteiger charge is 2.39. The second-order valence-electron chi connectivity index (χ2n) is 7.24. The van der Waals surface area contributed by atoms with Crippen LogP contribution in [0.4, 0.5) is 5.69 Å². The Bertz CT molecular complexity index is 737. The highest BCUT2D eigenvalue weighted by molar-refractivity contribution is 6.37. The molecule has 0 aromatic heterocycles. The second kappa shape index (κ2) is 7.67. The lowest BCUT2D eigenvalue weighted by molar-refractivity contribution is 0.246. The third-order valence-electron chi connectivity index (χ3n) is 5.57. The molecule has 1 saturated heterocycles. The molecule has 1 heterocycles. The van der Waals surface area contributed by atoms with Crippen molar-refractivity contribution in [2.45, 2.75) is 12.3 Å². The third kappa shape index (κ3) is 3.80. The summed E-state index contributed by atoms with van der Waals surface area (Å²) >= 11 is 12.6. The van der Waals surface area contributed by atoms with Gasteiger partial charge in [-0.3, -0.25) is 4.90 Å². The van der Waals surface area contributed by atoms with Crippen molar-refractivity contribution in [1.29, 1.82) is 0 Å². The Labute approximate surface area is 165 Å². The molecule has 2 atom stereocenters. The molecule has 138 valence electrons. The molecule has 26 heavy (non-hydrogen) atoms. The summed E-state index contributed by atoms with van der Waals surface area (Å²) in [7, 11) is 1.59. The van der Waals surface area contributed by atoms with Crippen LogP contribution in [0.25, 0.3) is 0 Å². The van der Waals surface area contributed by atoms with Crippen LogP contribution in [0.2, 0.25) is 10.0 Å². The molecule has 0 amide bonds. The van der Waals surface area contributed by atoms with Crippen LogP contribution in [-0.4, -0.2) is 44.7 Å². The minimum atomic E-state index is 0.552. The molecule has 1 aliphatic heterocycles. The quantitative estimate of drug-likeness (QED) is 0.719. The monoisotopic (exact) mass is 390 g/mol. The normalized spacial score (nSPS) is 23.1. The molecule has 4 rings (SSSR count). The lowest BCUT2D eigenvalue weighted by Gasteiger charge is -2.36. The second-order valence-corrected chi connectivity index (χ2v) is 8.06. The summed E-state index contributed by atoms with van der Waals surface area (Å²) in [6.45, 7) is 5.37.